The molecule has 6 nitrogen and oxygen atoms in total. The monoisotopic (exact) mass is 178 g/mol. The Morgan fingerprint density at radius 1 is 1.54 bits per heavy atom. The second-order valence-electron chi connectivity index (χ2n) is 2.47. The number of aromatic amines is 1. The molecule has 6 heteroatoms. The first-order chi connectivity index (χ1) is 6.18. The van der Waals surface area contributed by atoms with Crippen LogP contribution in [0.2, 0.25) is 0 Å². The quantitative estimate of drug-likeness (QED) is 0.580. The summed E-state index contributed by atoms with van der Waals surface area (Å²) in [5.74, 6) is -1.25. The Bertz CT molecular complexity index is 476. The maximum Gasteiger partial charge on any atom is 0.358 e. The number of H-pyrrole nitrogens is 1. The Morgan fingerprint density at radius 2 is 2.31 bits per heavy atom. The Balaban J connectivity index is 2.76. The zero-order valence-corrected chi connectivity index (χ0v) is 6.48. The summed E-state index contributed by atoms with van der Waals surface area (Å²) in [4.78, 5) is 21.0. The molecule has 0 aromatic carbocycles. The van der Waals surface area contributed by atoms with Crippen LogP contribution in [-0.4, -0.2) is 26.0 Å². The van der Waals surface area contributed by atoms with Crippen LogP contribution >= 0.6 is 0 Å². The molecule has 0 bridgehead atoms. The van der Waals surface area contributed by atoms with Crippen LogP contribution in [0.3, 0.4) is 0 Å². The molecule has 2 rings (SSSR count). The number of aromatic carboxylic acids is 1. The molecule has 0 saturated heterocycles. The first-order valence-corrected chi connectivity index (χ1v) is 3.52. The van der Waals surface area contributed by atoms with Crippen molar-refractivity contribution in [1.29, 1.82) is 0 Å². The molecule has 2 aromatic heterocycles. The summed E-state index contributed by atoms with van der Waals surface area (Å²) in [7, 11) is 0. The van der Waals surface area contributed by atoms with Crippen molar-refractivity contribution < 1.29 is 9.90 Å². The van der Waals surface area contributed by atoms with E-state index in [1.54, 1.807) is 12.3 Å². The van der Waals surface area contributed by atoms with Crippen molar-refractivity contribution in [1.82, 2.24) is 15.0 Å². The fraction of sp³-hybridized carbons (Fsp3) is 0. The van der Waals surface area contributed by atoms with E-state index in [-0.39, 0.29) is 11.5 Å². The predicted octanol–water partition coefficient (Wildman–Crippen LogP) is 0.238. The summed E-state index contributed by atoms with van der Waals surface area (Å²) in [5.41, 5.74) is 6.14. The summed E-state index contributed by atoms with van der Waals surface area (Å²) < 4.78 is 0. The Morgan fingerprint density at radius 3 is 3.00 bits per heavy atom. The van der Waals surface area contributed by atoms with Gasteiger partial charge in [-0.3, -0.25) is 0 Å². The molecule has 0 unspecified atom stereocenters. The van der Waals surface area contributed by atoms with Crippen LogP contribution in [0.15, 0.2) is 12.3 Å². The minimum atomic E-state index is -1.17. The minimum Gasteiger partial charge on any atom is -0.476 e. The predicted molar refractivity (Wildman–Crippen MR) is 45.3 cm³/mol. The number of carboxylic acids is 1. The van der Waals surface area contributed by atoms with Gasteiger partial charge in [-0.15, -0.1) is 0 Å². The smallest absolute Gasteiger partial charge is 0.358 e. The van der Waals surface area contributed by atoms with Gasteiger partial charge in [0.15, 0.2) is 17.2 Å². The number of rotatable bonds is 1. The molecule has 0 fully saturated rings. The number of nitrogens with one attached hydrogen (secondary N) is 1. The van der Waals surface area contributed by atoms with Gasteiger partial charge in [-0.1, -0.05) is 0 Å². The largest absolute Gasteiger partial charge is 0.476 e. The van der Waals surface area contributed by atoms with Crippen molar-refractivity contribution in [2.24, 2.45) is 0 Å². The summed E-state index contributed by atoms with van der Waals surface area (Å²) in [6, 6.07) is 1.63. The summed E-state index contributed by atoms with van der Waals surface area (Å²) in [6.07, 6.45) is 1.62. The minimum absolute atomic E-state index is 0.0811. The van der Waals surface area contributed by atoms with E-state index in [1.807, 2.05) is 0 Å². The lowest BCUT2D eigenvalue weighted by molar-refractivity contribution is 0.0692. The number of fused-ring (bicyclic) bond motifs is 1. The molecular weight excluding hydrogens is 172 g/mol. The van der Waals surface area contributed by atoms with Gasteiger partial charge >= 0.3 is 5.97 Å². The van der Waals surface area contributed by atoms with Gasteiger partial charge in [0.05, 0.1) is 0 Å². The van der Waals surface area contributed by atoms with Crippen LogP contribution < -0.4 is 5.73 Å². The second-order valence-corrected chi connectivity index (χ2v) is 2.47. The third-order valence-electron chi connectivity index (χ3n) is 1.61. The second kappa shape index (κ2) is 2.44. The zero-order chi connectivity index (χ0) is 9.42. The van der Waals surface area contributed by atoms with Crippen molar-refractivity contribution in [2.45, 2.75) is 0 Å². The average molecular weight is 178 g/mol. The average Bonchev–Trinajstić information content (AvgIpc) is 2.48. The van der Waals surface area contributed by atoms with E-state index < -0.39 is 5.97 Å². The molecule has 0 amide bonds. The molecule has 4 N–H and O–H groups in total. The van der Waals surface area contributed by atoms with Gasteiger partial charge in [-0.2, -0.15) is 0 Å². The molecule has 66 valence electrons. The molecule has 0 radical (unpaired) electrons. The molecular formula is C7H6N4O2. The molecule has 2 aromatic rings. The van der Waals surface area contributed by atoms with Crippen molar-refractivity contribution in [3.05, 3.63) is 18.0 Å². The summed E-state index contributed by atoms with van der Waals surface area (Å²) >= 11 is 0. The molecule has 0 aliphatic rings. The standard InChI is InChI=1S/C7H6N4O2/c8-5-4(7(12)13)10-3-1-2-9-6(3)11-5/h1-2H,(H,12,13)(H3,8,9,11). The molecule has 0 spiro atoms. The Kier molecular flexibility index (Phi) is 1.42. The lowest BCUT2D eigenvalue weighted by Gasteiger charge is -1.97. The number of carbonyl (C=O) groups is 1. The number of carboxylic acid groups (broad SMARTS) is 1. The normalized spacial score (nSPS) is 10.5. The number of nitrogens with two attached hydrogens (primary N) is 1. The molecule has 2 heterocycles. The van der Waals surface area contributed by atoms with Crippen molar-refractivity contribution in [2.75, 3.05) is 5.73 Å². The highest BCUT2D eigenvalue weighted by Crippen LogP contribution is 2.12. The molecule has 0 saturated carbocycles. The van der Waals surface area contributed by atoms with E-state index in [1.165, 1.54) is 0 Å². The van der Waals surface area contributed by atoms with E-state index >= 15 is 0 Å². The molecule has 0 aliphatic carbocycles. The van der Waals surface area contributed by atoms with E-state index in [0.29, 0.717) is 11.2 Å². The van der Waals surface area contributed by atoms with Gasteiger partial charge in [0.25, 0.3) is 0 Å². The van der Waals surface area contributed by atoms with Crippen molar-refractivity contribution in [3.63, 3.8) is 0 Å². The number of aromatic nitrogens is 3. The number of hydrogen-bond donors (Lipinski definition) is 3. The van der Waals surface area contributed by atoms with Gasteiger partial charge in [-0.25, -0.2) is 14.8 Å². The Hall–Kier alpha value is -2.11. The van der Waals surface area contributed by atoms with Gasteiger partial charge < -0.3 is 15.8 Å². The first-order valence-electron chi connectivity index (χ1n) is 3.52. The third-order valence-corrected chi connectivity index (χ3v) is 1.61. The van der Waals surface area contributed by atoms with Crippen LogP contribution in [0, 0.1) is 0 Å². The maximum atomic E-state index is 10.6. The van der Waals surface area contributed by atoms with E-state index in [4.69, 9.17) is 10.8 Å². The summed E-state index contributed by atoms with van der Waals surface area (Å²) in [5, 5.41) is 8.67. The van der Waals surface area contributed by atoms with Crippen molar-refractivity contribution >= 4 is 23.0 Å². The number of anilines is 1. The highest BCUT2D eigenvalue weighted by molar-refractivity contribution is 5.92. The van der Waals surface area contributed by atoms with Crippen LogP contribution in [0.1, 0.15) is 10.5 Å². The van der Waals surface area contributed by atoms with Crippen LogP contribution in [0.5, 0.6) is 0 Å². The van der Waals surface area contributed by atoms with Crippen molar-refractivity contribution in [3.8, 4) is 0 Å². The number of hydrogen-bond acceptors (Lipinski definition) is 4. The van der Waals surface area contributed by atoms with E-state index in [0.717, 1.165) is 0 Å². The molecule has 0 atom stereocenters. The van der Waals surface area contributed by atoms with E-state index in [9.17, 15) is 4.79 Å². The molecule has 0 aliphatic heterocycles. The van der Waals surface area contributed by atoms with E-state index in [2.05, 4.69) is 15.0 Å². The van der Waals surface area contributed by atoms with Gasteiger partial charge in [-0.05, 0) is 6.07 Å². The van der Waals surface area contributed by atoms with Gasteiger partial charge in [0, 0.05) is 6.20 Å². The SMILES string of the molecule is Nc1nc2[nH]ccc2nc1C(=O)O. The fourth-order valence-electron chi connectivity index (χ4n) is 1.04. The molecule has 13 heavy (non-hydrogen) atoms. The lowest BCUT2D eigenvalue weighted by Crippen LogP contribution is -2.07. The van der Waals surface area contributed by atoms with Gasteiger partial charge in [0.1, 0.15) is 5.52 Å². The summed E-state index contributed by atoms with van der Waals surface area (Å²) in [6.45, 7) is 0. The fourth-order valence-corrected chi connectivity index (χ4v) is 1.04. The lowest BCUT2D eigenvalue weighted by atomic mass is 10.4. The van der Waals surface area contributed by atoms with Crippen LogP contribution in [0.25, 0.3) is 11.2 Å². The Labute approximate surface area is 72.4 Å². The van der Waals surface area contributed by atoms with Crippen LogP contribution in [-0.2, 0) is 0 Å². The maximum absolute atomic E-state index is 10.6. The first kappa shape index (κ1) is 7.53. The highest BCUT2D eigenvalue weighted by Gasteiger charge is 2.12. The van der Waals surface area contributed by atoms with Crippen LogP contribution in [0.4, 0.5) is 5.82 Å². The highest BCUT2D eigenvalue weighted by atomic mass is 16.4. The van der Waals surface area contributed by atoms with Gasteiger partial charge in [0.2, 0.25) is 0 Å². The topological polar surface area (TPSA) is 105 Å². The number of nitrogens with zero attached hydrogens (tertiary/aromatic N) is 2. The number of nitrogen functional groups attached to an aromatic ring is 1. The zero-order valence-electron chi connectivity index (χ0n) is 6.48. The third kappa shape index (κ3) is 1.08.